The molecule has 1 amide bonds. The molecular formula is C24H34FN3O2. The summed E-state index contributed by atoms with van der Waals surface area (Å²) in [6.45, 7) is 4.26. The highest BCUT2D eigenvalue weighted by atomic mass is 19.1. The van der Waals surface area contributed by atoms with Gasteiger partial charge in [0.2, 0.25) is 5.91 Å². The Morgan fingerprint density at radius 1 is 0.933 bits per heavy atom. The Morgan fingerprint density at radius 3 is 2.40 bits per heavy atom. The Kier molecular flexibility index (Phi) is 5.38. The average Bonchev–Trinajstić information content (AvgIpc) is 3.39. The van der Waals surface area contributed by atoms with Crippen LogP contribution < -0.4 is 9.80 Å². The van der Waals surface area contributed by atoms with E-state index in [1.807, 2.05) is 12.1 Å². The lowest BCUT2D eigenvalue weighted by Gasteiger charge is -2.41. The summed E-state index contributed by atoms with van der Waals surface area (Å²) in [5, 5.41) is 9.80. The van der Waals surface area contributed by atoms with Crippen LogP contribution in [0.15, 0.2) is 18.2 Å². The zero-order chi connectivity index (χ0) is 20.7. The molecule has 1 spiro atoms. The summed E-state index contributed by atoms with van der Waals surface area (Å²) in [5.41, 5.74) is 1.25. The Hall–Kier alpha value is -1.82. The zero-order valence-electron chi connectivity index (χ0n) is 17.9. The normalized spacial score (nSPS) is 32.5. The van der Waals surface area contributed by atoms with Gasteiger partial charge in [0.05, 0.1) is 17.2 Å². The number of amides is 1. The lowest BCUT2D eigenvalue weighted by molar-refractivity contribution is -0.139. The number of carbonyl (C=O) groups excluding carboxylic acids is 1. The standard InChI is InChI=1S/C24H34FN3O2/c25-21-16-19(26-12-1-2-13-26)6-9-22(21)27-14-3-10-24(17-27)11-15-28(23(24)30)18-4-7-20(29)8-5-18/h6,9,16,18,20,29H,1-5,7-8,10-15,17H2/t18-,20-,24-/m0/s1. The van der Waals surface area contributed by atoms with Crippen molar-refractivity contribution in [1.82, 2.24) is 4.90 Å². The van der Waals surface area contributed by atoms with Gasteiger partial charge in [-0.2, -0.15) is 0 Å². The van der Waals surface area contributed by atoms with Crippen molar-refractivity contribution in [2.45, 2.75) is 69.9 Å². The molecule has 5 rings (SSSR count). The SMILES string of the molecule is O=C1N([C@H]2CC[C@H](O)CC2)CC[C@]12CCCN(c1ccc(N3CCCC3)cc1F)C2. The smallest absolute Gasteiger partial charge is 0.230 e. The number of carbonyl (C=O) groups is 1. The molecule has 4 fully saturated rings. The van der Waals surface area contributed by atoms with Crippen LogP contribution in [0.5, 0.6) is 0 Å². The van der Waals surface area contributed by atoms with Crippen LogP contribution in [-0.2, 0) is 4.79 Å². The van der Waals surface area contributed by atoms with Gasteiger partial charge in [0, 0.05) is 44.5 Å². The number of halogens is 1. The molecule has 4 aliphatic rings. The lowest BCUT2D eigenvalue weighted by Crippen LogP contribution is -2.50. The molecule has 164 valence electrons. The molecule has 0 unspecified atom stereocenters. The van der Waals surface area contributed by atoms with Crippen molar-refractivity contribution >= 4 is 17.3 Å². The highest BCUT2D eigenvalue weighted by Gasteiger charge is 2.50. The van der Waals surface area contributed by atoms with E-state index in [-0.39, 0.29) is 29.3 Å². The molecule has 5 nitrogen and oxygen atoms in total. The molecule has 1 aromatic carbocycles. The second-order valence-corrected chi connectivity index (χ2v) is 9.85. The van der Waals surface area contributed by atoms with Crippen LogP contribution in [0.1, 0.15) is 57.8 Å². The van der Waals surface area contributed by atoms with Crippen LogP contribution in [0, 0.1) is 11.2 Å². The fraction of sp³-hybridized carbons (Fsp3) is 0.708. The van der Waals surface area contributed by atoms with Crippen molar-refractivity contribution in [3.8, 4) is 0 Å². The third-order valence-corrected chi connectivity index (χ3v) is 7.97. The first-order valence-corrected chi connectivity index (χ1v) is 11.8. The van der Waals surface area contributed by atoms with E-state index < -0.39 is 0 Å². The molecule has 3 heterocycles. The molecule has 1 atom stereocenters. The van der Waals surface area contributed by atoms with Gasteiger partial charge in [-0.3, -0.25) is 4.79 Å². The maximum absolute atomic E-state index is 15.1. The first kappa shape index (κ1) is 20.1. The van der Waals surface area contributed by atoms with Gasteiger partial charge in [0.25, 0.3) is 0 Å². The maximum Gasteiger partial charge on any atom is 0.230 e. The van der Waals surface area contributed by atoms with E-state index in [9.17, 15) is 9.90 Å². The van der Waals surface area contributed by atoms with Crippen molar-refractivity contribution in [2.75, 3.05) is 42.5 Å². The number of rotatable bonds is 3. The summed E-state index contributed by atoms with van der Waals surface area (Å²) in [4.78, 5) is 19.9. The summed E-state index contributed by atoms with van der Waals surface area (Å²) >= 11 is 0. The van der Waals surface area contributed by atoms with E-state index in [1.165, 1.54) is 12.8 Å². The number of benzene rings is 1. The van der Waals surface area contributed by atoms with Crippen molar-refractivity contribution in [3.63, 3.8) is 0 Å². The van der Waals surface area contributed by atoms with Crippen LogP contribution in [0.2, 0.25) is 0 Å². The topological polar surface area (TPSA) is 47.0 Å². The number of likely N-dealkylation sites (tertiary alicyclic amines) is 1. The second kappa shape index (κ2) is 8.03. The van der Waals surface area contributed by atoms with Crippen LogP contribution in [0.25, 0.3) is 0 Å². The number of piperidine rings is 1. The molecule has 1 saturated carbocycles. The largest absolute Gasteiger partial charge is 0.393 e. The zero-order valence-corrected chi connectivity index (χ0v) is 17.9. The minimum atomic E-state index is -0.367. The molecule has 0 bridgehead atoms. The third-order valence-electron chi connectivity index (χ3n) is 7.97. The summed E-state index contributed by atoms with van der Waals surface area (Å²) < 4.78 is 15.1. The Balaban J connectivity index is 1.30. The molecule has 1 aromatic rings. The lowest BCUT2D eigenvalue weighted by atomic mass is 9.78. The summed E-state index contributed by atoms with van der Waals surface area (Å²) in [6.07, 6.45) is 8.24. The Morgan fingerprint density at radius 2 is 1.67 bits per heavy atom. The fourth-order valence-corrected chi connectivity index (χ4v) is 6.21. The minimum Gasteiger partial charge on any atom is -0.393 e. The number of hydrogen-bond acceptors (Lipinski definition) is 4. The van der Waals surface area contributed by atoms with Crippen LogP contribution in [-0.4, -0.2) is 60.8 Å². The van der Waals surface area contributed by atoms with E-state index in [2.05, 4.69) is 14.7 Å². The molecule has 3 aliphatic heterocycles. The number of aliphatic hydroxyl groups is 1. The maximum atomic E-state index is 15.1. The van der Waals surface area contributed by atoms with Gasteiger partial charge >= 0.3 is 0 Å². The second-order valence-electron chi connectivity index (χ2n) is 9.85. The van der Waals surface area contributed by atoms with Gasteiger partial charge < -0.3 is 19.8 Å². The Bertz CT molecular complexity index is 789. The van der Waals surface area contributed by atoms with Gasteiger partial charge in [-0.15, -0.1) is 0 Å². The number of aliphatic hydroxyl groups excluding tert-OH is 1. The molecule has 1 N–H and O–H groups in total. The van der Waals surface area contributed by atoms with E-state index in [1.54, 1.807) is 6.07 Å². The highest BCUT2D eigenvalue weighted by molar-refractivity contribution is 5.86. The predicted molar refractivity (Wildman–Crippen MR) is 116 cm³/mol. The first-order valence-electron chi connectivity index (χ1n) is 11.8. The van der Waals surface area contributed by atoms with Crippen LogP contribution >= 0.6 is 0 Å². The van der Waals surface area contributed by atoms with Gasteiger partial charge in [-0.05, 0) is 76.0 Å². The minimum absolute atomic E-state index is 0.167. The van der Waals surface area contributed by atoms with Crippen molar-refractivity contribution in [2.24, 2.45) is 5.41 Å². The number of hydrogen-bond donors (Lipinski definition) is 1. The van der Waals surface area contributed by atoms with Gasteiger partial charge in [0.15, 0.2) is 0 Å². The molecule has 1 aliphatic carbocycles. The fourth-order valence-electron chi connectivity index (χ4n) is 6.21. The van der Waals surface area contributed by atoms with Gasteiger partial charge in [-0.25, -0.2) is 4.39 Å². The molecule has 30 heavy (non-hydrogen) atoms. The van der Waals surface area contributed by atoms with Crippen LogP contribution in [0.3, 0.4) is 0 Å². The molecule has 3 saturated heterocycles. The Labute approximate surface area is 178 Å². The average molecular weight is 416 g/mol. The highest BCUT2D eigenvalue weighted by Crippen LogP contribution is 2.44. The number of nitrogens with zero attached hydrogens (tertiary/aromatic N) is 3. The van der Waals surface area contributed by atoms with E-state index in [4.69, 9.17) is 0 Å². The third kappa shape index (κ3) is 3.57. The first-order chi connectivity index (χ1) is 14.6. The molecule has 0 radical (unpaired) electrons. The quantitative estimate of drug-likeness (QED) is 0.820. The summed E-state index contributed by atoms with van der Waals surface area (Å²) in [6, 6.07) is 5.91. The van der Waals surface area contributed by atoms with Crippen molar-refractivity contribution in [1.29, 1.82) is 0 Å². The monoisotopic (exact) mass is 415 g/mol. The molecule has 0 aromatic heterocycles. The van der Waals surface area contributed by atoms with Gasteiger partial charge in [0.1, 0.15) is 5.82 Å². The summed E-state index contributed by atoms with van der Waals surface area (Å²) in [5.74, 6) is 0.0997. The van der Waals surface area contributed by atoms with E-state index in [0.29, 0.717) is 12.2 Å². The van der Waals surface area contributed by atoms with Crippen LogP contribution in [0.4, 0.5) is 15.8 Å². The summed E-state index contributed by atoms with van der Waals surface area (Å²) in [7, 11) is 0. The van der Waals surface area contributed by atoms with E-state index >= 15 is 4.39 Å². The van der Waals surface area contributed by atoms with Crippen molar-refractivity contribution in [3.05, 3.63) is 24.0 Å². The van der Waals surface area contributed by atoms with Crippen molar-refractivity contribution < 1.29 is 14.3 Å². The van der Waals surface area contributed by atoms with E-state index in [0.717, 1.165) is 76.8 Å². The molecule has 6 heteroatoms. The van der Waals surface area contributed by atoms with Gasteiger partial charge in [-0.1, -0.05) is 0 Å². The molecular weight excluding hydrogens is 381 g/mol. The predicted octanol–water partition coefficient (Wildman–Crippen LogP) is 3.55. The number of anilines is 2.